The van der Waals surface area contributed by atoms with Gasteiger partial charge in [-0.1, -0.05) is 12.1 Å². The second kappa shape index (κ2) is 13.4. The van der Waals surface area contributed by atoms with Gasteiger partial charge in [0.15, 0.2) is 0 Å². The third-order valence-corrected chi connectivity index (χ3v) is 6.62. The predicted molar refractivity (Wildman–Crippen MR) is 146 cm³/mol. The third kappa shape index (κ3) is 8.19. The fraction of sp³-hybridized carbons (Fsp3) is 0.423. The molecule has 0 saturated carbocycles. The Kier molecular flexibility index (Phi) is 11.1. The minimum Gasteiger partial charge on any atom is -0.508 e. The second-order valence-corrected chi connectivity index (χ2v) is 9.89. The van der Waals surface area contributed by atoms with E-state index in [9.17, 15) is 36.2 Å². The number of phenolic OH excluding ortho intramolecular Hbond substituents is 1. The fourth-order valence-corrected chi connectivity index (χ4v) is 4.49. The number of halogens is 8. The van der Waals surface area contributed by atoms with Crippen LogP contribution in [0.3, 0.4) is 0 Å². The summed E-state index contributed by atoms with van der Waals surface area (Å²) in [5.74, 6) is -0.258. The van der Waals surface area contributed by atoms with Crippen LogP contribution in [0.25, 0.3) is 0 Å². The first-order valence-corrected chi connectivity index (χ1v) is 12.2. The number of rotatable bonds is 6. The molecule has 1 amide bonds. The van der Waals surface area contributed by atoms with Crippen molar-refractivity contribution in [2.45, 2.75) is 38.3 Å². The molecule has 0 spiro atoms. The molecule has 42 heavy (non-hydrogen) atoms. The van der Waals surface area contributed by atoms with Crippen LogP contribution < -0.4 is 4.90 Å². The molecule has 1 aromatic heterocycles. The zero-order valence-electron chi connectivity index (χ0n) is 22.7. The summed E-state index contributed by atoms with van der Waals surface area (Å²) >= 11 is 0. The minimum absolute atomic E-state index is 0. The van der Waals surface area contributed by atoms with E-state index < -0.39 is 41.0 Å². The number of nitrogens with zero attached hydrogens (tertiary/aromatic N) is 5. The first-order valence-electron chi connectivity index (χ1n) is 12.2. The lowest BCUT2D eigenvalue weighted by Gasteiger charge is -2.41. The number of hydrogen-bond donors (Lipinski definition) is 1. The van der Waals surface area contributed by atoms with E-state index >= 15 is 0 Å². The number of aryl methyl sites for hydroxylation is 1. The minimum atomic E-state index is -5.08. The number of alkyl halides is 6. The monoisotopic (exact) mass is 643 g/mol. The van der Waals surface area contributed by atoms with E-state index in [0.717, 1.165) is 0 Å². The summed E-state index contributed by atoms with van der Waals surface area (Å²) < 4.78 is 85.9. The highest BCUT2D eigenvalue weighted by atomic mass is 35.5. The quantitative estimate of drug-likeness (QED) is 0.350. The molecule has 1 atom stereocenters. The van der Waals surface area contributed by atoms with Crippen LogP contribution in [-0.4, -0.2) is 70.7 Å². The lowest BCUT2D eigenvalue weighted by Crippen LogP contribution is -2.55. The Morgan fingerprint density at radius 1 is 1.02 bits per heavy atom. The van der Waals surface area contributed by atoms with Gasteiger partial charge in [-0.05, 0) is 53.9 Å². The second-order valence-electron chi connectivity index (χ2n) is 9.89. The molecule has 8 nitrogen and oxygen atoms in total. The lowest BCUT2D eigenvalue weighted by atomic mass is 9.98. The van der Waals surface area contributed by atoms with Crippen molar-refractivity contribution in [1.82, 2.24) is 19.9 Å². The van der Waals surface area contributed by atoms with Crippen LogP contribution in [-0.2, 0) is 25.3 Å². The van der Waals surface area contributed by atoms with Gasteiger partial charge in [-0.15, -0.1) is 24.8 Å². The van der Waals surface area contributed by atoms with Gasteiger partial charge in [0.05, 0.1) is 17.7 Å². The number of aromatic nitrogens is 2. The highest BCUT2D eigenvalue weighted by molar-refractivity contribution is 5.95. The Morgan fingerprint density at radius 2 is 1.64 bits per heavy atom. The number of carbonyl (C=O) groups excluding carboxylic acids is 1. The van der Waals surface area contributed by atoms with E-state index in [4.69, 9.17) is 4.52 Å². The van der Waals surface area contributed by atoms with Gasteiger partial charge in [0.1, 0.15) is 5.75 Å². The van der Waals surface area contributed by atoms with Crippen molar-refractivity contribution in [3.8, 4) is 5.75 Å². The average molecular weight is 644 g/mol. The molecule has 0 bridgehead atoms. The highest BCUT2D eigenvalue weighted by Gasteiger charge is 2.39. The summed E-state index contributed by atoms with van der Waals surface area (Å²) in [7, 11) is 3.48. The Bertz CT molecular complexity index is 1350. The molecule has 0 aliphatic carbocycles. The molecular formula is C26H29Cl2F6N5O3. The van der Waals surface area contributed by atoms with Crippen LogP contribution in [0.1, 0.15) is 38.5 Å². The lowest BCUT2D eigenvalue weighted by molar-refractivity contribution is -0.143. The highest BCUT2D eigenvalue weighted by Crippen LogP contribution is 2.37. The van der Waals surface area contributed by atoms with Gasteiger partial charge in [0.2, 0.25) is 5.89 Å². The van der Waals surface area contributed by atoms with Crippen LogP contribution in [0.2, 0.25) is 0 Å². The number of phenols is 1. The number of aromatic hydroxyl groups is 1. The maximum Gasteiger partial charge on any atom is 0.416 e. The molecule has 1 aliphatic heterocycles. The maximum atomic E-state index is 13.5. The summed E-state index contributed by atoms with van der Waals surface area (Å²) in [4.78, 5) is 22.6. The Labute approximate surface area is 250 Å². The van der Waals surface area contributed by atoms with Gasteiger partial charge < -0.3 is 19.4 Å². The van der Waals surface area contributed by atoms with Crippen molar-refractivity contribution < 1.29 is 40.8 Å². The summed E-state index contributed by atoms with van der Waals surface area (Å²) in [6, 6.07) is 5.17. The Balaban J connectivity index is 0.00000308. The summed E-state index contributed by atoms with van der Waals surface area (Å²) in [5, 5.41) is 14.0. The molecular weight excluding hydrogens is 615 g/mol. The molecule has 1 aliphatic rings. The van der Waals surface area contributed by atoms with E-state index in [0.29, 0.717) is 35.1 Å². The normalized spacial score (nSPS) is 16.0. The molecule has 232 valence electrons. The van der Waals surface area contributed by atoms with E-state index in [-0.39, 0.29) is 69.2 Å². The van der Waals surface area contributed by atoms with Crippen LogP contribution >= 0.6 is 24.8 Å². The van der Waals surface area contributed by atoms with E-state index in [1.54, 1.807) is 38.1 Å². The number of benzene rings is 2. The molecule has 0 radical (unpaired) electrons. The molecule has 4 rings (SSSR count). The molecule has 2 heterocycles. The zero-order valence-corrected chi connectivity index (χ0v) is 24.3. The van der Waals surface area contributed by atoms with Crippen molar-refractivity contribution >= 4 is 36.7 Å². The van der Waals surface area contributed by atoms with Gasteiger partial charge >= 0.3 is 12.4 Å². The summed E-state index contributed by atoms with van der Waals surface area (Å²) in [5.41, 5.74) is -2.56. The van der Waals surface area contributed by atoms with Gasteiger partial charge in [-0.2, -0.15) is 31.3 Å². The number of anilines is 1. The largest absolute Gasteiger partial charge is 0.508 e. The van der Waals surface area contributed by atoms with Gasteiger partial charge in [0, 0.05) is 45.3 Å². The SMILES string of the molecule is Cc1ccc(C[C@@H]2CN(Cc3nc(N(C)C)no3)CCN2C(=O)c2cc(C(F)(F)F)cc(C(F)(F)F)c2)cc1O.Cl.Cl. The van der Waals surface area contributed by atoms with Crippen molar-refractivity contribution in [2.24, 2.45) is 0 Å². The standard InChI is InChI=1S/C26H27F6N5O3.2ClH/c1-15-4-5-16(9-21(15)38)8-20-13-36(14-22-33-24(34-40-22)35(2)3)6-7-37(20)23(39)17-10-18(25(27,28)29)12-19(11-17)26(30,31)32;;/h4-5,9-12,20,38H,6-8,13-14H2,1-3H3;2*1H/t20-;;/m1../s1. The van der Waals surface area contributed by atoms with Crippen LogP contribution in [0.4, 0.5) is 32.3 Å². The Morgan fingerprint density at radius 3 is 2.17 bits per heavy atom. The summed E-state index contributed by atoms with van der Waals surface area (Å²) in [6.07, 6.45) is -9.97. The van der Waals surface area contributed by atoms with E-state index in [2.05, 4.69) is 10.1 Å². The van der Waals surface area contributed by atoms with Crippen molar-refractivity contribution in [2.75, 3.05) is 38.6 Å². The number of piperazine rings is 1. The van der Waals surface area contributed by atoms with Gasteiger partial charge in [-0.3, -0.25) is 9.69 Å². The number of hydrogen-bond acceptors (Lipinski definition) is 7. The van der Waals surface area contributed by atoms with E-state index in [1.807, 2.05) is 4.90 Å². The van der Waals surface area contributed by atoms with Crippen molar-refractivity contribution in [1.29, 1.82) is 0 Å². The maximum absolute atomic E-state index is 13.5. The van der Waals surface area contributed by atoms with E-state index in [1.165, 1.54) is 11.0 Å². The van der Waals surface area contributed by atoms with Crippen molar-refractivity contribution in [3.63, 3.8) is 0 Å². The first kappa shape index (κ1) is 35.0. The molecule has 1 saturated heterocycles. The topological polar surface area (TPSA) is 85.9 Å². The first-order chi connectivity index (χ1) is 18.6. The van der Waals surface area contributed by atoms with Crippen LogP contribution in [0.15, 0.2) is 40.9 Å². The van der Waals surface area contributed by atoms with Crippen LogP contribution in [0, 0.1) is 6.92 Å². The number of amides is 1. The molecule has 1 N–H and O–H groups in total. The molecule has 2 aromatic carbocycles. The summed E-state index contributed by atoms with van der Waals surface area (Å²) in [6.45, 7) is 2.42. The molecule has 16 heteroatoms. The third-order valence-electron chi connectivity index (χ3n) is 6.62. The molecule has 1 fully saturated rings. The molecule has 0 unspecified atom stereocenters. The zero-order chi connectivity index (χ0) is 29.4. The van der Waals surface area contributed by atoms with Gasteiger partial charge in [-0.25, -0.2) is 0 Å². The number of carbonyl (C=O) groups is 1. The van der Waals surface area contributed by atoms with Crippen molar-refractivity contribution in [3.05, 3.63) is 70.1 Å². The van der Waals surface area contributed by atoms with Gasteiger partial charge in [0.25, 0.3) is 11.9 Å². The average Bonchev–Trinajstić information content (AvgIpc) is 3.34. The Hall–Kier alpha value is -3.23. The van der Waals surface area contributed by atoms with Crippen LogP contribution in [0.5, 0.6) is 5.75 Å². The molecule has 3 aromatic rings. The fourth-order valence-electron chi connectivity index (χ4n) is 4.49. The predicted octanol–water partition coefficient (Wildman–Crippen LogP) is 5.60. The smallest absolute Gasteiger partial charge is 0.416 e.